The van der Waals surface area contributed by atoms with Gasteiger partial charge in [0.05, 0.1) is 6.54 Å². The van der Waals surface area contributed by atoms with Crippen molar-refractivity contribution in [3.8, 4) is 0 Å². The normalized spacial score (nSPS) is 10.1. The van der Waals surface area contributed by atoms with Gasteiger partial charge in [-0.05, 0) is 53.5 Å². The summed E-state index contributed by atoms with van der Waals surface area (Å²) < 4.78 is 0. The number of allylic oxidation sites excluding steroid dienone is 1. The molecule has 28 heavy (non-hydrogen) atoms. The average Bonchev–Trinajstić information content (AvgIpc) is 2.70. The van der Waals surface area contributed by atoms with Gasteiger partial charge in [-0.2, -0.15) is 0 Å². The fourth-order valence-corrected chi connectivity index (χ4v) is 1.62. The van der Waals surface area contributed by atoms with Crippen molar-refractivity contribution in [2.75, 3.05) is 20.1 Å². The quantitative estimate of drug-likeness (QED) is 0.250. The van der Waals surface area contributed by atoms with Crippen LogP contribution in [0.15, 0.2) is 25.8 Å². The summed E-state index contributed by atoms with van der Waals surface area (Å²) in [6.45, 7) is 19.5. The van der Waals surface area contributed by atoms with Gasteiger partial charge in [-0.1, -0.05) is 19.9 Å². The molecule has 7 nitrogen and oxygen atoms in total. The number of carbonyl (C=O) groups is 3. The lowest BCUT2D eigenvalue weighted by Gasteiger charge is -2.24. The van der Waals surface area contributed by atoms with E-state index in [1.807, 2.05) is 34.6 Å². The molecule has 3 amide bonds. The molecule has 0 aromatic heterocycles. The molecule has 0 bridgehead atoms. The van der Waals surface area contributed by atoms with Crippen molar-refractivity contribution in [2.45, 2.75) is 65.8 Å². The Balaban J connectivity index is -0.000000103. The highest BCUT2D eigenvalue weighted by atomic mass is 16.2. The molecular formula is C21H50N4O3. The van der Waals surface area contributed by atoms with Crippen molar-refractivity contribution in [1.29, 1.82) is 0 Å². The first-order valence-electron chi connectivity index (χ1n) is 9.69. The van der Waals surface area contributed by atoms with E-state index in [2.05, 4.69) is 41.4 Å². The molecule has 0 spiro atoms. The fourth-order valence-electron chi connectivity index (χ4n) is 1.62. The van der Waals surface area contributed by atoms with E-state index in [0.29, 0.717) is 6.54 Å². The van der Waals surface area contributed by atoms with Crippen molar-refractivity contribution < 1.29 is 18.7 Å². The van der Waals surface area contributed by atoms with Crippen LogP contribution in [-0.2, 0) is 9.59 Å². The third kappa shape index (κ3) is 26.1. The number of nitrogens with two attached hydrogens (primary N) is 1. The van der Waals surface area contributed by atoms with Gasteiger partial charge in [0.25, 0.3) is 0 Å². The maximum absolute atomic E-state index is 11.6. The Bertz CT molecular complexity index is 413. The van der Waals surface area contributed by atoms with Gasteiger partial charge in [-0.25, -0.2) is 4.79 Å². The van der Waals surface area contributed by atoms with Crippen LogP contribution in [0.25, 0.3) is 0 Å². The van der Waals surface area contributed by atoms with E-state index in [0.717, 1.165) is 32.0 Å². The Morgan fingerprint density at radius 3 is 2.07 bits per heavy atom. The Kier molecular flexibility index (Phi) is 29.7. The van der Waals surface area contributed by atoms with Crippen molar-refractivity contribution >= 4 is 18.2 Å². The van der Waals surface area contributed by atoms with Gasteiger partial charge in [0.2, 0.25) is 5.91 Å². The Hall–Kier alpha value is -2.15. The number of amides is 3. The standard InChI is InChI=1S/C15H29N3O3.C3H6.C2H4.CH5N.3H2/c1-5-12(11-19)8-7-9-16-13(20)10-17-14(21)18-15(3,4)6-2;1-3-2;2*1-2;;;/h11-12H,5-10H2,1-4H3,(H,16,20)(H2,17,18,21);3H,1H2,2H3;1-2H2;2H2,1H3;3*1H/t12-;;;;;;/m0....../s1. The van der Waals surface area contributed by atoms with Crippen LogP contribution < -0.4 is 21.7 Å². The lowest BCUT2D eigenvalue weighted by atomic mass is 10.0. The molecule has 172 valence electrons. The topological polar surface area (TPSA) is 113 Å². The van der Waals surface area contributed by atoms with E-state index >= 15 is 0 Å². The van der Waals surface area contributed by atoms with Crippen LogP contribution in [0.5, 0.6) is 0 Å². The first kappa shape index (κ1) is 33.4. The van der Waals surface area contributed by atoms with E-state index in [-0.39, 0.29) is 34.2 Å². The minimum absolute atomic E-state index is 0. The van der Waals surface area contributed by atoms with Gasteiger partial charge >= 0.3 is 6.03 Å². The zero-order chi connectivity index (χ0) is 23.0. The van der Waals surface area contributed by atoms with Gasteiger partial charge in [0.15, 0.2) is 0 Å². The van der Waals surface area contributed by atoms with Crippen LogP contribution in [-0.4, -0.2) is 43.9 Å². The molecule has 5 N–H and O–H groups in total. The van der Waals surface area contributed by atoms with Crippen LogP contribution >= 0.6 is 0 Å². The maximum Gasteiger partial charge on any atom is 0.315 e. The summed E-state index contributed by atoms with van der Waals surface area (Å²) in [6, 6.07) is -0.344. The maximum atomic E-state index is 11.6. The molecular weight excluding hydrogens is 356 g/mol. The van der Waals surface area contributed by atoms with E-state index < -0.39 is 0 Å². The van der Waals surface area contributed by atoms with E-state index in [4.69, 9.17) is 0 Å². The minimum atomic E-state index is -0.344. The predicted octanol–water partition coefficient (Wildman–Crippen LogP) is 3.90. The molecule has 7 heteroatoms. The first-order chi connectivity index (χ1) is 13.3. The number of nitrogens with one attached hydrogen (secondary N) is 3. The molecule has 0 unspecified atom stereocenters. The number of carbonyl (C=O) groups excluding carboxylic acids is 3. The summed E-state index contributed by atoms with van der Waals surface area (Å²) in [4.78, 5) is 33.8. The van der Waals surface area contributed by atoms with Gasteiger partial charge in [0, 0.05) is 22.3 Å². The molecule has 0 saturated heterocycles. The highest BCUT2D eigenvalue weighted by Crippen LogP contribution is 2.07. The van der Waals surface area contributed by atoms with Crippen molar-refractivity contribution in [2.24, 2.45) is 11.7 Å². The fraction of sp³-hybridized carbons (Fsp3) is 0.667. The average molecular weight is 407 g/mol. The third-order valence-corrected chi connectivity index (χ3v) is 3.54. The molecule has 0 aromatic rings. The van der Waals surface area contributed by atoms with E-state index in [1.165, 1.54) is 7.05 Å². The monoisotopic (exact) mass is 406 g/mol. The highest BCUT2D eigenvalue weighted by Gasteiger charge is 2.17. The zero-order valence-corrected chi connectivity index (χ0v) is 18.9. The molecule has 0 fully saturated rings. The summed E-state index contributed by atoms with van der Waals surface area (Å²) in [7, 11) is 1.50. The smallest absolute Gasteiger partial charge is 0.315 e. The summed E-state index contributed by atoms with van der Waals surface area (Å²) in [5, 5.41) is 8.04. The molecule has 0 aromatic carbocycles. The minimum Gasteiger partial charge on any atom is -0.355 e. The number of urea groups is 1. The number of hydrogen-bond acceptors (Lipinski definition) is 4. The van der Waals surface area contributed by atoms with Crippen LogP contribution in [0.1, 0.15) is 64.6 Å². The number of rotatable bonds is 10. The lowest BCUT2D eigenvalue weighted by Crippen LogP contribution is -2.50. The van der Waals surface area contributed by atoms with Crippen molar-refractivity contribution in [3.05, 3.63) is 25.8 Å². The van der Waals surface area contributed by atoms with Crippen LogP contribution in [0.2, 0.25) is 0 Å². The second-order valence-corrected chi connectivity index (χ2v) is 6.25. The van der Waals surface area contributed by atoms with E-state index in [9.17, 15) is 14.4 Å². The lowest BCUT2D eigenvalue weighted by molar-refractivity contribution is -0.120. The van der Waals surface area contributed by atoms with Gasteiger partial charge < -0.3 is 26.5 Å². The van der Waals surface area contributed by atoms with E-state index in [1.54, 1.807) is 6.08 Å². The van der Waals surface area contributed by atoms with Crippen LogP contribution in [0.3, 0.4) is 0 Å². The second-order valence-electron chi connectivity index (χ2n) is 6.25. The summed E-state index contributed by atoms with van der Waals surface area (Å²) in [6.07, 6.45) is 5.88. The summed E-state index contributed by atoms with van der Waals surface area (Å²) in [5.74, 6) is -0.152. The van der Waals surface area contributed by atoms with Crippen molar-refractivity contribution in [1.82, 2.24) is 16.0 Å². The molecule has 0 radical (unpaired) electrons. The molecule has 0 rings (SSSR count). The van der Waals surface area contributed by atoms with Gasteiger partial charge in [-0.15, -0.1) is 19.7 Å². The van der Waals surface area contributed by atoms with Gasteiger partial charge in [-0.3, -0.25) is 4.79 Å². The zero-order valence-electron chi connectivity index (χ0n) is 18.9. The second kappa shape index (κ2) is 24.8. The van der Waals surface area contributed by atoms with Crippen LogP contribution in [0, 0.1) is 5.92 Å². The molecule has 0 aliphatic carbocycles. The first-order valence-corrected chi connectivity index (χ1v) is 9.69. The molecule has 0 saturated carbocycles. The third-order valence-electron chi connectivity index (χ3n) is 3.54. The Morgan fingerprint density at radius 2 is 1.68 bits per heavy atom. The number of aldehydes is 1. The van der Waals surface area contributed by atoms with Gasteiger partial charge in [0.1, 0.15) is 6.29 Å². The van der Waals surface area contributed by atoms with Crippen molar-refractivity contribution in [3.63, 3.8) is 0 Å². The predicted molar refractivity (Wildman–Crippen MR) is 127 cm³/mol. The summed E-state index contributed by atoms with van der Waals surface area (Å²) >= 11 is 0. The largest absolute Gasteiger partial charge is 0.355 e. The molecule has 0 aliphatic rings. The number of hydrogen-bond donors (Lipinski definition) is 4. The summed E-state index contributed by atoms with van der Waals surface area (Å²) in [5.41, 5.74) is 4.21. The SMILES string of the molecule is C=C.C=CC.CC[C@H](C=O)CCCNC(=O)CNC(=O)NC(C)(C)CC.CN.[HH].[HH].[HH]. The van der Waals surface area contributed by atoms with Crippen LogP contribution in [0.4, 0.5) is 4.79 Å². The molecule has 0 heterocycles. The highest BCUT2D eigenvalue weighted by molar-refractivity contribution is 5.84. The molecule has 0 aliphatic heterocycles. The Morgan fingerprint density at radius 1 is 1.18 bits per heavy atom. The molecule has 1 atom stereocenters. The Labute approximate surface area is 177 Å².